The normalized spacial score (nSPS) is 13.4. The van der Waals surface area contributed by atoms with Crippen molar-refractivity contribution in [2.24, 2.45) is 0 Å². The van der Waals surface area contributed by atoms with Gasteiger partial charge in [-0.1, -0.05) is 39.3 Å². The summed E-state index contributed by atoms with van der Waals surface area (Å²) in [5, 5.41) is 0. The van der Waals surface area contributed by atoms with Crippen LogP contribution in [-0.4, -0.2) is 22.9 Å². The molecular weight excluding hydrogens is 172 g/mol. The van der Waals surface area contributed by atoms with Crippen LogP contribution >= 0.6 is 0 Å². The average molecular weight is 190 g/mol. The second-order valence-corrected chi connectivity index (χ2v) is 27.7. The highest BCUT2D eigenvalue weighted by molar-refractivity contribution is 7.54. The quantitative estimate of drug-likeness (QED) is 0.611. The summed E-state index contributed by atoms with van der Waals surface area (Å²) < 4.78 is 11.8. The van der Waals surface area contributed by atoms with Gasteiger partial charge >= 0.3 is 0 Å². The molecule has 0 atom stereocenters. The van der Waals surface area contributed by atoms with Gasteiger partial charge in [0.25, 0.3) is 0 Å². The SMILES string of the molecule is C[Si](C)(C)[Si](=O)[Si](C)(C)C. The molecule has 4 heteroatoms. The first kappa shape index (κ1) is 10.5. The van der Waals surface area contributed by atoms with Gasteiger partial charge in [-0.05, 0) is 0 Å². The maximum atomic E-state index is 11.8. The van der Waals surface area contributed by atoms with Crippen molar-refractivity contribution >= 4 is 22.9 Å². The van der Waals surface area contributed by atoms with Gasteiger partial charge in [-0.2, -0.15) is 0 Å². The molecule has 0 rings (SSSR count). The third-order valence-corrected chi connectivity index (χ3v) is 25.8. The predicted octanol–water partition coefficient (Wildman–Crippen LogP) is 2.24. The van der Waals surface area contributed by atoms with Crippen molar-refractivity contribution in [3.63, 3.8) is 0 Å². The molecule has 0 fully saturated rings. The molecule has 1 nitrogen and oxygen atoms in total. The minimum absolute atomic E-state index is 1.19. The molecule has 0 N–H and O–H groups in total. The van der Waals surface area contributed by atoms with E-state index >= 15 is 0 Å². The molecule has 0 aromatic heterocycles. The van der Waals surface area contributed by atoms with Gasteiger partial charge in [0.1, 0.15) is 15.2 Å². The third kappa shape index (κ3) is 3.03. The van der Waals surface area contributed by atoms with Crippen LogP contribution in [0.25, 0.3) is 0 Å². The Kier molecular flexibility index (Phi) is 2.95. The lowest BCUT2D eigenvalue weighted by molar-refractivity contribution is 0.579. The smallest absolute Gasteiger partial charge is 0.236 e. The standard InChI is InChI=1S/C6H18OSi3/c1-9(2,3)8(7)10(4,5)6/h1-6H3. The summed E-state index contributed by atoms with van der Waals surface area (Å²) >= 11 is 0. The zero-order chi connectivity index (χ0) is 8.58. The van der Waals surface area contributed by atoms with Crippen molar-refractivity contribution in [3.8, 4) is 0 Å². The van der Waals surface area contributed by atoms with Crippen molar-refractivity contribution in [3.05, 3.63) is 0 Å². The van der Waals surface area contributed by atoms with Gasteiger partial charge in [0.2, 0.25) is 7.72 Å². The fraction of sp³-hybridized carbons (Fsp3) is 1.00. The first-order valence-corrected chi connectivity index (χ1v) is 14.1. The van der Waals surface area contributed by atoms with E-state index in [0.29, 0.717) is 0 Å². The third-order valence-electron chi connectivity index (χ3n) is 1.36. The Hall–Kier alpha value is 0.451. The summed E-state index contributed by atoms with van der Waals surface area (Å²) in [6, 6.07) is 0. The van der Waals surface area contributed by atoms with Crippen molar-refractivity contribution < 1.29 is 4.46 Å². The van der Waals surface area contributed by atoms with E-state index in [1.54, 1.807) is 0 Å². The van der Waals surface area contributed by atoms with Gasteiger partial charge < -0.3 is 4.46 Å². The molecule has 0 aromatic carbocycles. The van der Waals surface area contributed by atoms with Gasteiger partial charge in [0.15, 0.2) is 0 Å². The van der Waals surface area contributed by atoms with E-state index in [4.69, 9.17) is 0 Å². The molecule has 0 unspecified atom stereocenters. The zero-order valence-electron chi connectivity index (χ0n) is 7.91. The number of rotatable bonds is 2. The Morgan fingerprint density at radius 1 is 0.800 bits per heavy atom. The fourth-order valence-corrected chi connectivity index (χ4v) is 30.4. The van der Waals surface area contributed by atoms with E-state index in [1.165, 1.54) is 0 Å². The molecule has 60 valence electrons. The van der Waals surface area contributed by atoms with Crippen LogP contribution in [0.2, 0.25) is 39.3 Å². The lowest BCUT2D eigenvalue weighted by atomic mass is 11.8. The summed E-state index contributed by atoms with van der Waals surface area (Å²) in [4.78, 5) is 0. The van der Waals surface area contributed by atoms with Crippen LogP contribution in [0, 0.1) is 0 Å². The molecule has 0 bridgehead atoms. The molecule has 0 aromatic rings. The second-order valence-electron chi connectivity index (χ2n) is 4.83. The van der Waals surface area contributed by atoms with Crippen molar-refractivity contribution in [1.29, 1.82) is 0 Å². The zero-order valence-corrected chi connectivity index (χ0v) is 10.9. The Labute approximate surface area is 67.1 Å². The maximum Gasteiger partial charge on any atom is 0.236 e. The molecular formula is C6H18OSi3. The topological polar surface area (TPSA) is 17.1 Å². The Morgan fingerprint density at radius 3 is 1.00 bits per heavy atom. The van der Waals surface area contributed by atoms with Gasteiger partial charge in [-0.15, -0.1) is 0 Å². The van der Waals surface area contributed by atoms with Crippen LogP contribution in [0.15, 0.2) is 0 Å². The molecule has 0 aliphatic heterocycles. The molecule has 0 aliphatic rings. The van der Waals surface area contributed by atoms with Crippen molar-refractivity contribution in [2.45, 2.75) is 39.3 Å². The monoisotopic (exact) mass is 190 g/mol. The van der Waals surface area contributed by atoms with Gasteiger partial charge in [-0.25, -0.2) is 0 Å². The van der Waals surface area contributed by atoms with E-state index in [0.717, 1.165) is 0 Å². The van der Waals surface area contributed by atoms with Crippen LogP contribution in [0.4, 0.5) is 0 Å². The first-order valence-electron chi connectivity index (χ1n) is 3.70. The maximum absolute atomic E-state index is 11.8. The van der Waals surface area contributed by atoms with E-state index in [-0.39, 0.29) is 0 Å². The molecule has 0 radical (unpaired) electrons. The van der Waals surface area contributed by atoms with Gasteiger partial charge in [-0.3, -0.25) is 0 Å². The molecule has 0 aliphatic carbocycles. The lowest BCUT2D eigenvalue weighted by Crippen LogP contribution is -2.52. The fourth-order valence-electron chi connectivity index (χ4n) is 1.12. The molecule has 10 heavy (non-hydrogen) atoms. The molecule has 0 heterocycles. The minimum atomic E-state index is -1.29. The van der Waals surface area contributed by atoms with E-state index in [9.17, 15) is 4.46 Å². The second kappa shape index (κ2) is 2.83. The van der Waals surface area contributed by atoms with Gasteiger partial charge in [0.05, 0.1) is 0 Å². The highest BCUT2D eigenvalue weighted by atomic mass is 29.6. The summed E-state index contributed by atoms with van der Waals surface area (Å²) in [5.74, 6) is 0. The highest BCUT2D eigenvalue weighted by Crippen LogP contribution is 2.10. The van der Waals surface area contributed by atoms with Crippen LogP contribution in [0.3, 0.4) is 0 Å². The Balaban J connectivity index is 4.40. The molecule has 0 saturated carbocycles. The van der Waals surface area contributed by atoms with Crippen LogP contribution < -0.4 is 0 Å². The summed E-state index contributed by atoms with van der Waals surface area (Å²) in [5.41, 5.74) is 0. The summed E-state index contributed by atoms with van der Waals surface area (Å²) in [7, 11) is -3.77. The first-order chi connectivity index (χ1) is 4.15. The highest BCUT2D eigenvalue weighted by Gasteiger charge is 2.37. The molecule has 0 spiro atoms. The van der Waals surface area contributed by atoms with Crippen LogP contribution in [-0.2, 0) is 4.46 Å². The Bertz CT molecular complexity index is 124. The average Bonchev–Trinajstić information content (AvgIpc) is 1.59. The largest absolute Gasteiger partial charge is 0.397 e. The van der Waals surface area contributed by atoms with Crippen LogP contribution in [0.5, 0.6) is 0 Å². The van der Waals surface area contributed by atoms with Crippen LogP contribution in [0.1, 0.15) is 0 Å². The Morgan fingerprint density at radius 2 is 1.00 bits per heavy atom. The minimum Gasteiger partial charge on any atom is -0.397 e. The summed E-state index contributed by atoms with van der Waals surface area (Å²) in [6.45, 7) is 13.3. The molecule has 0 saturated heterocycles. The summed E-state index contributed by atoms with van der Waals surface area (Å²) in [6.07, 6.45) is 0. The number of hydrogen-bond acceptors (Lipinski definition) is 1. The molecule has 0 amide bonds. The van der Waals surface area contributed by atoms with Gasteiger partial charge in [0, 0.05) is 0 Å². The van der Waals surface area contributed by atoms with E-state index in [1.807, 2.05) is 0 Å². The van der Waals surface area contributed by atoms with Crippen molar-refractivity contribution in [1.82, 2.24) is 0 Å². The van der Waals surface area contributed by atoms with E-state index in [2.05, 4.69) is 39.3 Å². The van der Waals surface area contributed by atoms with E-state index < -0.39 is 22.9 Å². The predicted molar refractivity (Wildman–Crippen MR) is 53.1 cm³/mol. The number of hydrogen-bond donors (Lipinski definition) is 0. The van der Waals surface area contributed by atoms with Crippen molar-refractivity contribution in [2.75, 3.05) is 0 Å². The lowest BCUT2D eigenvalue weighted by Gasteiger charge is -2.21.